The van der Waals surface area contributed by atoms with Crippen LogP contribution in [0.5, 0.6) is 5.75 Å². The fourth-order valence-electron chi connectivity index (χ4n) is 3.50. The van der Waals surface area contributed by atoms with E-state index in [1.54, 1.807) is 25.4 Å². The number of rotatable bonds is 6. The number of benzene rings is 2. The molecule has 0 aliphatic heterocycles. The zero-order valence-electron chi connectivity index (χ0n) is 17.7. The Morgan fingerprint density at radius 2 is 1.79 bits per heavy atom. The van der Waals surface area contributed by atoms with Crippen LogP contribution in [-0.4, -0.2) is 31.8 Å². The normalized spacial score (nSPS) is 11.0. The molecule has 0 bridgehead atoms. The van der Waals surface area contributed by atoms with Crippen LogP contribution in [-0.2, 0) is 6.54 Å². The molecule has 0 unspecified atom stereocenters. The average Bonchev–Trinajstić information content (AvgIpc) is 3.19. The largest absolute Gasteiger partial charge is 0.497 e. The van der Waals surface area contributed by atoms with Crippen molar-refractivity contribution >= 4 is 22.8 Å². The molecule has 3 aromatic heterocycles. The maximum atomic E-state index is 13.4. The summed E-state index contributed by atoms with van der Waals surface area (Å²) in [6.45, 7) is 0.447. The molecular weight excluding hydrogens is 421 g/mol. The third-order valence-electron chi connectivity index (χ3n) is 5.16. The van der Waals surface area contributed by atoms with Crippen LogP contribution in [0.3, 0.4) is 0 Å². The molecule has 3 heterocycles. The Balaban J connectivity index is 1.63. The Morgan fingerprint density at radius 3 is 2.48 bits per heavy atom. The number of methoxy groups -OCH3 is 1. The number of anilines is 2. The lowest BCUT2D eigenvalue weighted by atomic mass is 10.1. The van der Waals surface area contributed by atoms with Gasteiger partial charge >= 0.3 is 0 Å². The van der Waals surface area contributed by atoms with E-state index in [1.165, 1.54) is 16.8 Å². The van der Waals surface area contributed by atoms with E-state index in [9.17, 15) is 4.39 Å². The highest BCUT2D eigenvalue weighted by Crippen LogP contribution is 2.33. The number of aromatic nitrogens is 5. The molecule has 0 radical (unpaired) electrons. The van der Waals surface area contributed by atoms with E-state index in [4.69, 9.17) is 15.5 Å². The van der Waals surface area contributed by atoms with Crippen LogP contribution in [0.15, 0.2) is 72.9 Å². The van der Waals surface area contributed by atoms with Gasteiger partial charge in [-0.2, -0.15) is 4.98 Å². The highest BCUT2D eigenvalue weighted by atomic mass is 19.1. The summed E-state index contributed by atoms with van der Waals surface area (Å²) < 4.78 is 20.2. The first kappa shape index (κ1) is 20.4. The molecule has 0 atom stereocenters. The van der Waals surface area contributed by atoms with Crippen molar-refractivity contribution in [1.29, 1.82) is 0 Å². The summed E-state index contributed by atoms with van der Waals surface area (Å²) in [4.78, 5) is 13.6. The maximum Gasteiger partial charge on any atom is 0.225 e. The van der Waals surface area contributed by atoms with E-state index >= 15 is 0 Å². The minimum Gasteiger partial charge on any atom is -0.497 e. The molecule has 9 heteroatoms. The van der Waals surface area contributed by atoms with E-state index in [1.807, 2.05) is 42.5 Å². The number of hydrogen-bond acceptors (Lipinski definition) is 7. The van der Waals surface area contributed by atoms with Crippen LogP contribution in [0.1, 0.15) is 5.69 Å². The predicted molar refractivity (Wildman–Crippen MR) is 125 cm³/mol. The smallest absolute Gasteiger partial charge is 0.225 e. The van der Waals surface area contributed by atoms with Crippen molar-refractivity contribution in [2.24, 2.45) is 0 Å². The monoisotopic (exact) mass is 441 g/mol. The zero-order valence-corrected chi connectivity index (χ0v) is 17.7. The van der Waals surface area contributed by atoms with E-state index in [2.05, 4.69) is 20.4 Å². The molecule has 0 amide bonds. The van der Waals surface area contributed by atoms with Gasteiger partial charge in [-0.15, -0.1) is 5.10 Å². The first-order chi connectivity index (χ1) is 16.1. The molecule has 0 saturated heterocycles. The SMILES string of the molecule is COc1ccc(-c2nc(NCc3ccccn3)nc3nn(-c4ccc(F)cc4)c(N)c23)cc1. The first-order valence-electron chi connectivity index (χ1n) is 10.2. The summed E-state index contributed by atoms with van der Waals surface area (Å²) >= 11 is 0. The molecule has 5 rings (SSSR count). The molecule has 0 aliphatic rings. The molecule has 0 fully saturated rings. The van der Waals surface area contributed by atoms with Crippen molar-refractivity contribution in [1.82, 2.24) is 24.7 Å². The van der Waals surface area contributed by atoms with Crippen molar-refractivity contribution in [3.63, 3.8) is 0 Å². The summed E-state index contributed by atoms with van der Waals surface area (Å²) in [6, 6.07) is 19.1. The van der Waals surface area contributed by atoms with Gasteiger partial charge in [0.15, 0.2) is 5.65 Å². The molecule has 0 saturated carbocycles. The van der Waals surface area contributed by atoms with E-state index in [0.717, 1.165) is 17.0 Å². The standard InChI is InChI=1S/C24H20FN7O/c1-33-19-11-5-15(6-12-19)21-20-22(26)32(18-9-7-16(25)8-10-18)31-23(20)30-24(29-21)28-14-17-4-2-3-13-27-17/h2-13H,14,26H2,1H3,(H,28,30,31). The fourth-order valence-corrected chi connectivity index (χ4v) is 3.50. The van der Waals surface area contributed by atoms with Crippen LogP contribution in [0.2, 0.25) is 0 Å². The van der Waals surface area contributed by atoms with E-state index in [0.29, 0.717) is 40.7 Å². The number of nitrogen functional groups attached to an aromatic ring is 1. The highest BCUT2D eigenvalue weighted by Gasteiger charge is 2.19. The number of ether oxygens (including phenoxy) is 1. The van der Waals surface area contributed by atoms with Crippen molar-refractivity contribution in [3.05, 3.63) is 84.4 Å². The zero-order chi connectivity index (χ0) is 22.8. The molecule has 3 N–H and O–H groups in total. The second kappa shape index (κ2) is 8.54. The van der Waals surface area contributed by atoms with Crippen molar-refractivity contribution in [2.75, 3.05) is 18.2 Å². The summed E-state index contributed by atoms with van der Waals surface area (Å²) in [5.74, 6) is 1.14. The van der Waals surface area contributed by atoms with Gasteiger partial charge in [-0.3, -0.25) is 4.98 Å². The number of nitrogens with two attached hydrogens (primary N) is 1. The molecule has 0 aliphatic carbocycles. The summed E-state index contributed by atoms with van der Waals surface area (Å²) in [6.07, 6.45) is 1.73. The highest BCUT2D eigenvalue weighted by molar-refractivity contribution is 5.99. The topological polar surface area (TPSA) is 104 Å². The molecule has 8 nitrogen and oxygen atoms in total. The van der Waals surface area contributed by atoms with Crippen LogP contribution in [0, 0.1) is 5.82 Å². The second-order valence-corrected chi connectivity index (χ2v) is 7.27. The first-order valence-corrected chi connectivity index (χ1v) is 10.2. The Bertz CT molecular complexity index is 1400. The second-order valence-electron chi connectivity index (χ2n) is 7.27. The van der Waals surface area contributed by atoms with Gasteiger partial charge in [0, 0.05) is 11.8 Å². The van der Waals surface area contributed by atoms with Gasteiger partial charge in [0.1, 0.15) is 17.4 Å². The lowest BCUT2D eigenvalue weighted by Crippen LogP contribution is -2.06. The predicted octanol–water partition coefficient (Wildman–Crippen LogP) is 4.22. The average molecular weight is 441 g/mol. The quantitative estimate of drug-likeness (QED) is 0.407. The van der Waals surface area contributed by atoms with Crippen molar-refractivity contribution in [2.45, 2.75) is 6.54 Å². The lowest BCUT2D eigenvalue weighted by molar-refractivity contribution is 0.415. The minimum absolute atomic E-state index is 0.339. The van der Waals surface area contributed by atoms with Crippen molar-refractivity contribution < 1.29 is 9.13 Å². The van der Waals surface area contributed by atoms with Gasteiger partial charge < -0.3 is 15.8 Å². The third-order valence-corrected chi connectivity index (χ3v) is 5.16. The molecular formula is C24H20FN7O. The Hall–Kier alpha value is -4.53. The van der Waals surface area contributed by atoms with Gasteiger partial charge in [-0.05, 0) is 60.7 Å². The maximum absolute atomic E-state index is 13.4. The summed E-state index contributed by atoms with van der Waals surface area (Å²) in [5, 5.41) is 8.40. The molecule has 0 spiro atoms. The van der Waals surface area contributed by atoms with Gasteiger partial charge in [0.2, 0.25) is 5.95 Å². The Kier molecular flexibility index (Phi) is 5.27. The molecule has 2 aromatic carbocycles. The number of nitrogens with zero attached hydrogens (tertiary/aromatic N) is 5. The number of hydrogen-bond donors (Lipinski definition) is 2. The Morgan fingerprint density at radius 1 is 1.00 bits per heavy atom. The van der Waals surface area contributed by atoms with Crippen molar-refractivity contribution in [3.8, 4) is 22.7 Å². The Labute approximate surface area is 188 Å². The van der Waals surface area contributed by atoms with Crippen LogP contribution in [0.25, 0.3) is 28.0 Å². The van der Waals surface area contributed by atoms with Crippen LogP contribution >= 0.6 is 0 Å². The van der Waals surface area contributed by atoms with Gasteiger partial charge in [-0.1, -0.05) is 6.07 Å². The van der Waals surface area contributed by atoms with E-state index in [-0.39, 0.29) is 5.82 Å². The summed E-state index contributed by atoms with van der Waals surface area (Å²) in [5.41, 5.74) is 9.83. The van der Waals surface area contributed by atoms with Gasteiger partial charge in [0.25, 0.3) is 0 Å². The summed E-state index contributed by atoms with van der Waals surface area (Å²) in [7, 11) is 1.61. The minimum atomic E-state index is -0.339. The molecule has 5 aromatic rings. The van der Waals surface area contributed by atoms with Gasteiger partial charge in [0.05, 0.1) is 36.1 Å². The third kappa shape index (κ3) is 4.03. The number of halogens is 1. The fraction of sp³-hybridized carbons (Fsp3) is 0.0833. The van der Waals surface area contributed by atoms with E-state index < -0.39 is 0 Å². The van der Waals surface area contributed by atoms with Gasteiger partial charge in [-0.25, -0.2) is 14.1 Å². The molecule has 164 valence electrons. The number of pyridine rings is 1. The van der Waals surface area contributed by atoms with Crippen LogP contribution in [0.4, 0.5) is 16.2 Å². The molecule has 33 heavy (non-hydrogen) atoms. The lowest BCUT2D eigenvalue weighted by Gasteiger charge is -2.09. The number of nitrogens with one attached hydrogen (secondary N) is 1. The van der Waals surface area contributed by atoms with Crippen LogP contribution < -0.4 is 15.8 Å². The number of fused-ring (bicyclic) bond motifs is 1.